The molecule has 1 aromatic carbocycles. The van der Waals surface area contributed by atoms with Crippen LogP contribution >= 0.6 is 0 Å². The SMILES string of the molecule is COC(=O)c1ccc(CN2CCN(OC(=O)C(C)(C)C)CC2)cc1. The van der Waals surface area contributed by atoms with Crippen LogP contribution in [-0.4, -0.2) is 55.2 Å². The molecule has 0 aromatic heterocycles. The van der Waals surface area contributed by atoms with Gasteiger partial charge in [0.25, 0.3) is 0 Å². The monoisotopic (exact) mass is 334 g/mol. The standard InChI is InChI=1S/C18H26N2O4/c1-18(2,3)17(22)24-20-11-9-19(10-12-20)13-14-5-7-15(8-6-14)16(21)23-4/h5-8H,9-13H2,1-4H3. The fraction of sp³-hybridized carbons (Fsp3) is 0.556. The first kappa shape index (κ1) is 18.4. The van der Waals surface area contributed by atoms with Gasteiger partial charge in [-0.3, -0.25) is 4.90 Å². The van der Waals surface area contributed by atoms with Crippen LogP contribution in [0, 0.1) is 5.41 Å². The number of nitrogens with zero attached hydrogens (tertiary/aromatic N) is 2. The van der Waals surface area contributed by atoms with Gasteiger partial charge in [-0.2, -0.15) is 0 Å². The third-order valence-corrected chi connectivity index (χ3v) is 3.94. The van der Waals surface area contributed by atoms with Gasteiger partial charge in [-0.25, -0.2) is 9.59 Å². The zero-order chi connectivity index (χ0) is 17.7. The lowest BCUT2D eigenvalue weighted by molar-refractivity contribution is -0.207. The Balaban J connectivity index is 1.81. The first-order valence-electron chi connectivity index (χ1n) is 8.16. The Kier molecular flexibility index (Phi) is 5.96. The third-order valence-electron chi connectivity index (χ3n) is 3.94. The van der Waals surface area contributed by atoms with Crippen molar-refractivity contribution in [2.45, 2.75) is 27.3 Å². The number of piperazine rings is 1. The number of hydroxylamine groups is 2. The number of esters is 1. The number of carbonyl (C=O) groups excluding carboxylic acids is 2. The topological polar surface area (TPSA) is 59.1 Å². The summed E-state index contributed by atoms with van der Waals surface area (Å²) in [6.07, 6.45) is 0. The number of carbonyl (C=O) groups is 2. The molecule has 0 N–H and O–H groups in total. The highest BCUT2D eigenvalue weighted by Crippen LogP contribution is 2.17. The Labute approximate surface area is 143 Å². The zero-order valence-electron chi connectivity index (χ0n) is 14.9. The molecule has 0 aliphatic carbocycles. The van der Waals surface area contributed by atoms with Gasteiger partial charge in [0.15, 0.2) is 0 Å². The van der Waals surface area contributed by atoms with Gasteiger partial charge in [0.05, 0.1) is 18.1 Å². The lowest BCUT2D eigenvalue weighted by Crippen LogP contribution is -2.47. The minimum atomic E-state index is -0.488. The van der Waals surface area contributed by atoms with Crippen molar-refractivity contribution in [3.05, 3.63) is 35.4 Å². The smallest absolute Gasteiger partial charge is 0.337 e. The molecule has 6 nitrogen and oxygen atoms in total. The van der Waals surface area contributed by atoms with Gasteiger partial charge in [-0.1, -0.05) is 12.1 Å². The Morgan fingerprint density at radius 1 is 1.04 bits per heavy atom. The minimum Gasteiger partial charge on any atom is -0.465 e. The fourth-order valence-corrected chi connectivity index (χ4v) is 2.36. The number of methoxy groups -OCH3 is 1. The van der Waals surface area contributed by atoms with E-state index in [0.29, 0.717) is 18.7 Å². The molecule has 0 unspecified atom stereocenters. The third kappa shape index (κ3) is 5.04. The molecule has 0 spiro atoms. The van der Waals surface area contributed by atoms with Crippen LogP contribution in [0.15, 0.2) is 24.3 Å². The number of hydrogen-bond donors (Lipinski definition) is 0. The average Bonchev–Trinajstić information content (AvgIpc) is 2.55. The zero-order valence-corrected chi connectivity index (χ0v) is 14.9. The van der Waals surface area contributed by atoms with Gasteiger partial charge in [0.1, 0.15) is 0 Å². The van der Waals surface area contributed by atoms with Gasteiger partial charge >= 0.3 is 11.9 Å². The van der Waals surface area contributed by atoms with Gasteiger partial charge in [-0.15, -0.1) is 5.06 Å². The summed E-state index contributed by atoms with van der Waals surface area (Å²) >= 11 is 0. The van der Waals surface area contributed by atoms with Crippen molar-refractivity contribution < 1.29 is 19.2 Å². The number of benzene rings is 1. The van der Waals surface area contributed by atoms with Crippen LogP contribution in [0.25, 0.3) is 0 Å². The molecule has 1 aromatic rings. The summed E-state index contributed by atoms with van der Waals surface area (Å²) < 4.78 is 4.70. The molecule has 24 heavy (non-hydrogen) atoms. The molecular weight excluding hydrogens is 308 g/mol. The molecule has 1 aliphatic heterocycles. The van der Waals surface area contributed by atoms with Crippen LogP contribution in [0.2, 0.25) is 0 Å². The highest BCUT2D eigenvalue weighted by Gasteiger charge is 2.27. The van der Waals surface area contributed by atoms with E-state index in [0.717, 1.165) is 25.2 Å². The summed E-state index contributed by atoms with van der Waals surface area (Å²) in [5.41, 5.74) is 1.21. The van der Waals surface area contributed by atoms with E-state index in [2.05, 4.69) is 4.90 Å². The molecule has 0 amide bonds. The van der Waals surface area contributed by atoms with E-state index >= 15 is 0 Å². The van der Waals surface area contributed by atoms with Crippen LogP contribution in [0.3, 0.4) is 0 Å². The fourth-order valence-electron chi connectivity index (χ4n) is 2.36. The summed E-state index contributed by atoms with van der Waals surface area (Å²) in [5, 5.41) is 1.74. The van der Waals surface area contributed by atoms with Crippen LogP contribution < -0.4 is 0 Å². The van der Waals surface area contributed by atoms with Crippen molar-refractivity contribution in [2.75, 3.05) is 33.3 Å². The molecule has 132 valence electrons. The number of ether oxygens (including phenoxy) is 1. The summed E-state index contributed by atoms with van der Waals surface area (Å²) in [4.78, 5) is 31.1. The van der Waals surface area contributed by atoms with Crippen molar-refractivity contribution in [2.24, 2.45) is 5.41 Å². The first-order chi connectivity index (χ1) is 11.3. The second-order valence-electron chi connectivity index (χ2n) is 7.02. The van der Waals surface area contributed by atoms with E-state index in [4.69, 9.17) is 9.57 Å². The summed E-state index contributed by atoms with van der Waals surface area (Å²) in [6, 6.07) is 7.45. The van der Waals surface area contributed by atoms with Gasteiger partial charge < -0.3 is 9.57 Å². The maximum Gasteiger partial charge on any atom is 0.337 e. The highest BCUT2D eigenvalue weighted by molar-refractivity contribution is 5.89. The molecule has 0 radical (unpaired) electrons. The van der Waals surface area contributed by atoms with E-state index in [9.17, 15) is 9.59 Å². The highest BCUT2D eigenvalue weighted by atomic mass is 16.7. The van der Waals surface area contributed by atoms with Crippen LogP contribution in [0.5, 0.6) is 0 Å². The van der Waals surface area contributed by atoms with Gasteiger partial charge in [0.2, 0.25) is 0 Å². The minimum absolute atomic E-state index is 0.200. The number of hydrogen-bond acceptors (Lipinski definition) is 6. The van der Waals surface area contributed by atoms with E-state index in [1.54, 1.807) is 17.2 Å². The molecule has 1 fully saturated rings. The molecule has 0 bridgehead atoms. The second-order valence-corrected chi connectivity index (χ2v) is 7.02. The van der Waals surface area contributed by atoms with E-state index in [-0.39, 0.29) is 11.9 Å². The second kappa shape index (κ2) is 7.77. The van der Waals surface area contributed by atoms with E-state index in [1.165, 1.54) is 7.11 Å². The molecular formula is C18H26N2O4. The maximum absolute atomic E-state index is 11.9. The van der Waals surface area contributed by atoms with Crippen molar-refractivity contribution in [1.29, 1.82) is 0 Å². The van der Waals surface area contributed by atoms with E-state index in [1.807, 2.05) is 32.9 Å². The van der Waals surface area contributed by atoms with Crippen LogP contribution in [0.4, 0.5) is 0 Å². The maximum atomic E-state index is 11.9. The van der Waals surface area contributed by atoms with Gasteiger partial charge in [-0.05, 0) is 38.5 Å². The Morgan fingerprint density at radius 3 is 2.12 bits per heavy atom. The van der Waals surface area contributed by atoms with Gasteiger partial charge in [0, 0.05) is 32.7 Å². The average molecular weight is 334 g/mol. The van der Waals surface area contributed by atoms with Crippen molar-refractivity contribution in [3.8, 4) is 0 Å². The lowest BCUT2D eigenvalue weighted by atomic mass is 9.98. The summed E-state index contributed by atoms with van der Waals surface area (Å²) in [6.45, 7) is 9.41. The van der Waals surface area contributed by atoms with Crippen molar-refractivity contribution in [1.82, 2.24) is 9.96 Å². The molecule has 0 atom stereocenters. The molecule has 1 aliphatic rings. The first-order valence-corrected chi connectivity index (χ1v) is 8.16. The quantitative estimate of drug-likeness (QED) is 0.786. The molecule has 1 saturated heterocycles. The number of rotatable bonds is 4. The largest absolute Gasteiger partial charge is 0.465 e. The van der Waals surface area contributed by atoms with Crippen molar-refractivity contribution in [3.63, 3.8) is 0 Å². The predicted octanol–water partition coefficient (Wildman–Crippen LogP) is 2.10. The van der Waals surface area contributed by atoms with Crippen LogP contribution in [0.1, 0.15) is 36.7 Å². The molecule has 6 heteroatoms. The Morgan fingerprint density at radius 2 is 1.62 bits per heavy atom. The predicted molar refractivity (Wildman–Crippen MR) is 90.2 cm³/mol. The summed E-state index contributed by atoms with van der Waals surface area (Å²) in [5.74, 6) is -0.523. The lowest BCUT2D eigenvalue weighted by Gasteiger charge is -2.34. The summed E-state index contributed by atoms with van der Waals surface area (Å²) in [7, 11) is 1.38. The Bertz CT molecular complexity index is 570. The molecule has 2 rings (SSSR count). The molecule has 1 heterocycles. The molecule has 0 saturated carbocycles. The van der Waals surface area contributed by atoms with Crippen molar-refractivity contribution >= 4 is 11.9 Å². The van der Waals surface area contributed by atoms with E-state index < -0.39 is 5.41 Å². The normalized spacial score (nSPS) is 16.7. The Hall–Kier alpha value is -1.92. The van der Waals surface area contributed by atoms with Crippen LogP contribution in [-0.2, 0) is 20.9 Å².